The second-order valence-electron chi connectivity index (χ2n) is 4.99. The maximum atomic E-state index is 4.80. The molecule has 0 N–H and O–H groups in total. The van der Waals surface area contributed by atoms with Crippen LogP contribution >= 0.6 is 0 Å². The second kappa shape index (κ2) is 4.41. The largest absolute Gasteiger partial charge is 0.283 e. The van der Waals surface area contributed by atoms with Gasteiger partial charge in [-0.2, -0.15) is 0 Å². The Hall–Kier alpha value is -1.89. The summed E-state index contributed by atoms with van der Waals surface area (Å²) in [6.07, 6.45) is 0. The van der Waals surface area contributed by atoms with Crippen LogP contribution in [-0.4, -0.2) is 12.3 Å². The molecule has 3 rings (SSSR count). The minimum atomic E-state index is 0.522. The lowest BCUT2D eigenvalue weighted by Crippen LogP contribution is -2.17. The summed E-state index contributed by atoms with van der Waals surface area (Å²) in [6, 6.07) is 17.1. The van der Waals surface area contributed by atoms with E-state index in [2.05, 4.69) is 62.4 Å². The van der Waals surface area contributed by atoms with Gasteiger partial charge in [0.2, 0.25) is 0 Å². The molecule has 0 spiro atoms. The van der Waals surface area contributed by atoms with Crippen molar-refractivity contribution in [3.63, 3.8) is 0 Å². The van der Waals surface area contributed by atoms with Crippen LogP contribution in [0.25, 0.3) is 0 Å². The molecule has 1 aliphatic heterocycles. The zero-order chi connectivity index (χ0) is 12.5. The second-order valence-corrected chi connectivity index (χ2v) is 4.99. The fraction of sp³-hybridized carbons (Fsp3) is 0.235. The third-order valence-electron chi connectivity index (χ3n) is 3.67. The summed E-state index contributed by atoms with van der Waals surface area (Å²) in [7, 11) is 0. The van der Waals surface area contributed by atoms with Crippen molar-refractivity contribution in [2.24, 2.45) is 4.99 Å². The molecule has 0 fully saturated rings. The summed E-state index contributed by atoms with van der Waals surface area (Å²) in [6.45, 7) is 5.29. The summed E-state index contributed by atoms with van der Waals surface area (Å²) >= 11 is 0. The van der Waals surface area contributed by atoms with E-state index < -0.39 is 0 Å². The Balaban J connectivity index is 2.18. The molecular weight excluding hydrogens is 218 g/mol. The van der Waals surface area contributed by atoms with Crippen molar-refractivity contribution in [3.8, 4) is 0 Å². The molecule has 1 nitrogen and oxygen atoms in total. The number of rotatable bonds is 1. The van der Waals surface area contributed by atoms with Crippen LogP contribution in [0.5, 0.6) is 0 Å². The van der Waals surface area contributed by atoms with E-state index in [0.717, 1.165) is 12.3 Å². The van der Waals surface area contributed by atoms with Crippen LogP contribution in [-0.2, 0) is 0 Å². The van der Waals surface area contributed by atoms with Crippen LogP contribution in [0.2, 0.25) is 0 Å². The molecule has 18 heavy (non-hydrogen) atoms. The minimum absolute atomic E-state index is 0.522. The number of nitrogens with zero attached hydrogens (tertiary/aromatic N) is 1. The number of aryl methyl sites for hydroxylation is 1. The predicted molar refractivity (Wildman–Crippen MR) is 76.5 cm³/mol. The van der Waals surface area contributed by atoms with E-state index in [1.165, 1.54) is 22.3 Å². The first-order valence-corrected chi connectivity index (χ1v) is 6.47. The van der Waals surface area contributed by atoms with Crippen molar-refractivity contribution < 1.29 is 0 Å². The van der Waals surface area contributed by atoms with Gasteiger partial charge in [0.25, 0.3) is 0 Å². The first-order chi connectivity index (χ1) is 8.77. The standard InChI is InChI=1S/C17H17N/c1-12-7-3-4-9-15(12)17-16-10-6-5-8-14(16)13(2)11-18-17/h3-10,13H,11H2,1-2H3. The van der Waals surface area contributed by atoms with Gasteiger partial charge < -0.3 is 0 Å². The van der Waals surface area contributed by atoms with Crippen LogP contribution in [0, 0.1) is 6.92 Å². The summed E-state index contributed by atoms with van der Waals surface area (Å²) < 4.78 is 0. The summed E-state index contributed by atoms with van der Waals surface area (Å²) in [5.41, 5.74) is 6.43. The molecule has 1 heteroatoms. The van der Waals surface area contributed by atoms with E-state index in [9.17, 15) is 0 Å². The zero-order valence-corrected chi connectivity index (χ0v) is 10.9. The Morgan fingerprint density at radius 2 is 1.61 bits per heavy atom. The average molecular weight is 235 g/mol. The first kappa shape index (κ1) is 11.2. The highest BCUT2D eigenvalue weighted by Crippen LogP contribution is 2.28. The fourth-order valence-electron chi connectivity index (χ4n) is 2.62. The third kappa shape index (κ3) is 1.76. The van der Waals surface area contributed by atoms with Gasteiger partial charge in [-0.1, -0.05) is 55.5 Å². The minimum Gasteiger partial charge on any atom is -0.283 e. The molecule has 0 bridgehead atoms. The molecule has 0 saturated carbocycles. The van der Waals surface area contributed by atoms with Crippen molar-refractivity contribution in [2.45, 2.75) is 19.8 Å². The van der Waals surface area contributed by atoms with Crippen LogP contribution < -0.4 is 0 Å². The van der Waals surface area contributed by atoms with Gasteiger partial charge >= 0.3 is 0 Å². The molecule has 1 heterocycles. The number of benzene rings is 2. The average Bonchev–Trinajstić information content (AvgIpc) is 2.41. The predicted octanol–water partition coefficient (Wildman–Crippen LogP) is 3.95. The molecule has 0 radical (unpaired) electrons. The van der Waals surface area contributed by atoms with Crippen LogP contribution in [0.1, 0.15) is 35.1 Å². The normalized spacial score (nSPS) is 18.1. The maximum Gasteiger partial charge on any atom is 0.0724 e. The smallest absolute Gasteiger partial charge is 0.0724 e. The van der Waals surface area contributed by atoms with E-state index >= 15 is 0 Å². The van der Waals surface area contributed by atoms with E-state index in [0.29, 0.717) is 5.92 Å². The lowest BCUT2D eigenvalue weighted by Gasteiger charge is -2.23. The Bertz CT molecular complexity index is 611. The highest BCUT2D eigenvalue weighted by atomic mass is 14.8. The number of hydrogen-bond acceptors (Lipinski definition) is 1. The van der Waals surface area contributed by atoms with Gasteiger partial charge in [0.15, 0.2) is 0 Å². The molecule has 2 aromatic carbocycles. The molecule has 2 aromatic rings. The molecule has 0 aromatic heterocycles. The lowest BCUT2D eigenvalue weighted by molar-refractivity contribution is 0.761. The highest BCUT2D eigenvalue weighted by Gasteiger charge is 2.20. The maximum absolute atomic E-state index is 4.80. The van der Waals surface area contributed by atoms with Gasteiger partial charge in [-0.15, -0.1) is 0 Å². The Morgan fingerprint density at radius 1 is 0.944 bits per heavy atom. The Labute approximate surface area is 108 Å². The third-order valence-corrected chi connectivity index (χ3v) is 3.67. The zero-order valence-electron chi connectivity index (χ0n) is 10.9. The molecular formula is C17H17N. The van der Waals surface area contributed by atoms with Crippen molar-refractivity contribution in [2.75, 3.05) is 6.54 Å². The molecule has 0 aliphatic carbocycles. The SMILES string of the molecule is Cc1ccccc1C1=NCC(C)c2ccccc21. The first-order valence-electron chi connectivity index (χ1n) is 6.47. The van der Waals surface area contributed by atoms with Crippen molar-refractivity contribution in [1.82, 2.24) is 0 Å². The number of fused-ring (bicyclic) bond motifs is 1. The molecule has 1 atom stereocenters. The quantitative estimate of drug-likeness (QED) is 0.709. The molecule has 1 unspecified atom stereocenters. The van der Waals surface area contributed by atoms with Gasteiger partial charge in [0, 0.05) is 23.6 Å². The van der Waals surface area contributed by atoms with Gasteiger partial charge in [0.1, 0.15) is 0 Å². The van der Waals surface area contributed by atoms with Gasteiger partial charge in [0.05, 0.1) is 5.71 Å². The van der Waals surface area contributed by atoms with Crippen LogP contribution in [0.4, 0.5) is 0 Å². The summed E-state index contributed by atoms with van der Waals surface area (Å²) in [5.74, 6) is 0.522. The van der Waals surface area contributed by atoms with Gasteiger partial charge in [-0.3, -0.25) is 4.99 Å². The number of hydrogen-bond donors (Lipinski definition) is 0. The van der Waals surface area contributed by atoms with Crippen molar-refractivity contribution >= 4 is 5.71 Å². The van der Waals surface area contributed by atoms with Gasteiger partial charge in [-0.25, -0.2) is 0 Å². The fourth-order valence-corrected chi connectivity index (χ4v) is 2.62. The molecule has 0 amide bonds. The topological polar surface area (TPSA) is 12.4 Å². The molecule has 1 aliphatic rings. The monoisotopic (exact) mass is 235 g/mol. The Kier molecular flexibility index (Phi) is 2.75. The summed E-state index contributed by atoms with van der Waals surface area (Å²) in [4.78, 5) is 4.80. The lowest BCUT2D eigenvalue weighted by atomic mass is 9.87. The Morgan fingerprint density at radius 3 is 2.39 bits per heavy atom. The van der Waals surface area contributed by atoms with Gasteiger partial charge in [-0.05, 0) is 18.1 Å². The highest BCUT2D eigenvalue weighted by molar-refractivity contribution is 6.15. The molecule has 90 valence electrons. The van der Waals surface area contributed by atoms with E-state index in [1.54, 1.807) is 0 Å². The van der Waals surface area contributed by atoms with Crippen molar-refractivity contribution in [1.29, 1.82) is 0 Å². The van der Waals surface area contributed by atoms with Crippen LogP contribution in [0.3, 0.4) is 0 Å². The van der Waals surface area contributed by atoms with E-state index in [4.69, 9.17) is 4.99 Å². The molecule has 0 saturated heterocycles. The van der Waals surface area contributed by atoms with Crippen LogP contribution in [0.15, 0.2) is 53.5 Å². The number of aliphatic imine (C=N–C) groups is 1. The summed E-state index contributed by atoms with van der Waals surface area (Å²) in [5, 5.41) is 0. The van der Waals surface area contributed by atoms with Crippen molar-refractivity contribution in [3.05, 3.63) is 70.8 Å². The van der Waals surface area contributed by atoms with E-state index in [1.807, 2.05) is 0 Å². The van der Waals surface area contributed by atoms with E-state index in [-0.39, 0.29) is 0 Å².